The number of hydrogen-bond acceptors (Lipinski definition) is 3. The monoisotopic (exact) mass is 325 g/mol. The smallest absolute Gasteiger partial charge is 0.243 e. The first-order chi connectivity index (χ1) is 10.0. The summed E-state index contributed by atoms with van der Waals surface area (Å²) in [6, 6.07) is 15.4. The molecule has 0 saturated heterocycles. The Bertz CT molecular complexity index is 689. The molecule has 4 nitrogen and oxygen atoms in total. The average Bonchev–Trinajstić information content (AvgIpc) is 2.48. The molecule has 1 N–H and O–H groups in total. The number of aliphatic hydroxyl groups excluding tert-OH is 1. The van der Waals surface area contributed by atoms with Crippen LogP contribution in [0.3, 0.4) is 0 Å². The van der Waals surface area contributed by atoms with E-state index in [1.165, 1.54) is 16.4 Å². The van der Waals surface area contributed by atoms with Crippen LogP contribution in [0.4, 0.5) is 0 Å². The van der Waals surface area contributed by atoms with Crippen molar-refractivity contribution >= 4 is 21.6 Å². The molecule has 0 aliphatic heterocycles. The van der Waals surface area contributed by atoms with Crippen LogP contribution in [0.5, 0.6) is 0 Å². The molecular weight excluding hydrogens is 310 g/mol. The van der Waals surface area contributed by atoms with Crippen LogP contribution in [0, 0.1) is 0 Å². The Balaban J connectivity index is 2.32. The van der Waals surface area contributed by atoms with Crippen molar-refractivity contribution < 1.29 is 13.5 Å². The fourth-order valence-corrected chi connectivity index (χ4v) is 3.68. The first kappa shape index (κ1) is 16.0. The van der Waals surface area contributed by atoms with Gasteiger partial charge in [-0.25, -0.2) is 8.42 Å². The van der Waals surface area contributed by atoms with Crippen LogP contribution < -0.4 is 0 Å². The van der Waals surface area contributed by atoms with Crippen molar-refractivity contribution in [2.75, 3.05) is 13.2 Å². The molecule has 21 heavy (non-hydrogen) atoms. The van der Waals surface area contributed by atoms with Gasteiger partial charge in [-0.15, -0.1) is 0 Å². The third kappa shape index (κ3) is 4.04. The number of hydrogen-bond donors (Lipinski definition) is 1. The molecule has 112 valence electrons. The zero-order valence-electron chi connectivity index (χ0n) is 11.3. The highest BCUT2D eigenvalue weighted by atomic mass is 35.5. The number of sulfonamides is 1. The highest BCUT2D eigenvalue weighted by Crippen LogP contribution is 2.21. The highest BCUT2D eigenvalue weighted by Gasteiger charge is 2.24. The molecular formula is C15H16ClNO3S. The van der Waals surface area contributed by atoms with Crippen molar-refractivity contribution in [3.05, 3.63) is 65.2 Å². The lowest BCUT2D eigenvalue weighted by Gasteiger charge is -2.21. The Kier molecular flexibility index (Phi) is 5.36. The Labute approximate surface area is 129 Å². The lowest BCUT2D eigenvalue weighted by Crippen LogP contribution is -2.33. The van der Waals surface area contributed by atoms with Crippen molar-refractivity contribution in [2.45, 2.75) is 11.4 Å². The summed E-state index contributed by atoms with van der Waals surface area (Å²) in [5, 5.41) is 9.51. The summed E-state index contributed by atoms with van der Waals surface area (Å²) >= 11 is 5.86. The zero-order chi connectivity index (χ0) is 15.3. The summed E-state index contributed by atoms with van der Waals surface area (Å²) in [5.74, 6) is 0. The first-order valence-corrected chi connectivity index (χ1v) is 8.26. The van der Waals surface area contributed by atoms with Crippen LogP contribution in [-0.4, -0.2) is 31.0 Å². The number of rotatable bonds is 6. The van der Waals surface area contributed by atoms with E-state index in [-0.39, 0.29) is 24.6 Å². The van der Waals surface area contributed by atoms with Gasteiger partial charge in [0.1, 0.15) is 0 Å². The Morgan fingerprint density at radius 2 is 1.76 bits per heavy atom. The second-order valence-corrected chi connectivity index (χ2v) is 6.88. The maximum Gasteiger partial charge on any atom is 0.243 e. The van der Waals surface area contributed by atoms with E-state index in [0.717, 1.165) is 5.56 Å². The van der Waals surface area contributed by atoms with Gasteiger partial charge in [-0.2, -0.15) is 4.31 Å². The van der Waals surface area contributed by atoms with Gasteiger partial charge in [0.05, 0.1) is 11.5 Å². The van der Waals surface area contributed by atoms with E-state index < -0.39 is 10.0 Å². The summed E-state index contributed by atoms with van der Waals surface area (Å²) in [6.07, 6.45) is 0. The fraction of sp³-hybridized carbons (Fsp3) is 0.200. The normalized spacial score (nSPS) is 11.8. The maximum atomic E-state index is 12.6. The molecule has 0 bridgehead atoms. The zero-order valence-corrected chi connectivity index (χ0v) is 12.9. The molecule has 0 aromatic heterocycles. The molecule has 6 heteroatoms. The molecule has 0 unspecified atom stereocenters. The summed E-state index contributed by atoms with van der Waals surface area (Å²) in [4.78, 5) is 0.124. The topological polar surface area (TPSA) is 57.6 Å². The summed E-state index contributed by atoms with van der Waals surface area (Å²) in [6.45, 7) is -0.00732. The van der Waals surface area contributed by atoms with Gasteiger partial charge in [0.25, 0.3) is 0 Å². The van der Waals surface area contributed by atoms with Gasteiger partial charge in [0.15, 0.2) is 0 Å². The first-order valence-electron chi connectivity index (χ1n) is 6.44. The lowest BCUT2D eigenvalue weighted by atomic mass is 10.2. The molecule has 0 aliphatic rings. The Morgan fingerprint density at radius 3 is 2.38 bits per heavy atom. The van der Waals surface area contributed by atoms with E-state index in [2.05, 4.69) is 0 Å². The van der Waals surface area contributed by atoms with Gasteiger partial charge < -0.3 is 5.11 Å². The van der Waals surface area contributed by atoms with Crippen molar-refractivity contribution in [3.63, 3.8) is 0 Å². The largest absolute Gasteiger partial charge is 0.395 e. The van der Waals surface area contributed by atoms with Crippen LogP contribution >= 0.6 is 11.6 Å². The number of nitrogens with zero attached hydrogens (tertiary/aromatic N) is 1. The Hall–Kier alpha value is -1.40. The molecule has 0 radical (unpaired) electrons. The quantitative estimate of drug-likeness (QED) is 0.888. The van der Waals surface area contributed by atoms with Gasteiger partial charge in [-0.05, 0) is 23.8 Å². The third-order valence-electron chi connectivity index (χ3n) is 2.99. The molecule has 0 atom stereocenters. The van der Waals surface area contributed by atoms with Gasteiger partial charge in [0, 0.05) is 18.1 Å². The van der Waals surface area contributed by atoms with Crippen LogP contribution in [0.1, 0.15) is 5.56 Å². The van der Waals surface area contributed by atoms with E-state index in [1.807, 2.05) is 30.3 Å². The van der Waals surface area contributed by atoms with Gasteiger partial charge >= 0.3 is 0 Å². The van der Waals surface area contributed by atoms with Gasteiger partial charge in [0.2, 0.25) is 10.0 Å². The van der Waals surface area contributed by atoms with Gasteiger partial charge in [-0.3, -0.25) is 0 Å². The molecule has 0 spiro atoms. The van der Waals surface area contributed by atoms with E-state index in [4.69, 9.17) is 16.7 Å². The highest BCUT2D eigenvalue weighted by molar-refractivity contribution is 7.89. The molecule has 2 aromatic rings. The van der Waals surface area contributed by atoms with Crippen molar-refractivity contribution in [1.82, 2.24) is 4.31 Å². The molecule has 2 aromatic carbocycles. The number of aliphatic hydroxyl groups is 1. The average molecular weight is 326 g/mol. The van der Waals surface area contributed by atoms with Crippen LogP contribution in [0.25, 0.3) is 0 Å². The molecule has 2 rings (SSSR count). The van der Waals surface area contributed by atoms with Crippen molar-refractivity contribution in [2.24, 2.45) is 0 Å². The summed E-state index contributed by atoms with van der Waals surface area (Å²) < 4.78 is 26.5. The number of benzene rings is 2. The van der Waals surface area contributed by atoms with E-state index in [0.29, 0.717) is 5.02 Å². The molecule has 0 aliphatic carbocycles. The molecule has 0 saturated carbocycles. The van der Waals surface area contributed by atoms with E-state index in [9.17, 15) is 8.42 Å². The summed E-state index contributed by atoms with van der Waals surface area (Å²) in [7, 11) is -3.70. The molecule has 0 heterocycles. The Morgan fingerprint density at radius 1 is 1.05 bits per heavy atom. The van der Waals surface area contributed by atoms with E-state index >= 15 is 0 Å². The third-order valence-corrected chi connectivity index (χ3v) is 5.06. The standard InChI is InChI=1S/C15H16ClNO3S/c16-14-7-4-8-15(11-14)21(19,20)17(9-10-18)12-13-5-2-1-3-6-13/h1-8,11,18H,9-10,12H2. The predicted molar refractivity (Wildman–Crippen MR) is 82.6 cm³/mol. The van der Waals surface area contributed by atoms with Gasteiger partial charge in [-0.1, -0.05) is 48.0 Å². The lowest BCUT2D eigenvalue weighted by molar-refractivity contribution is 0.251. The summed E-state index contributed by atoms with van der Waals surface area (Å²) in [5.41, 5.74) is 0.858. The maximum absolute atomic E-state index is 12.6. The van der Waals surface area contributed by atoms with E-state index in [1.54, 1.807) is 12.1 Å². The minimum atomic E-state index is -3.70. The molecule has 0 amide bonds. The van der Waals surface area contributed by atoms with Crippen molar-refractivity contribution in [3.8, 4) is 0 Å². The molecule has 0 fully saturated rings. The van der Waals surface area contributed by atoms with Crippen molar-refractivity contribution in [1.29, 1.82) is 0 Å². The fourth-order valence-electron chi connectivity index (χ4n) is 1.96. The predicted octanol–water partition coefficient (Wildman–Crippen LogP) is 2.52. The SMILES string of the molecule is O=S(=O)(c1cccc(Cl)c1)N(CCO)Cc1ccccc1. The number of halogens is 1. The van der Waals surface area contributed by atoms with Crippen LogP contribution in [0.2, 0.25) is 5.02 Å². The minimum Gasteiger partial charge on any atom is -0.395 e. The second kappa shape index (κ2) is 7.04. The minimum absolute atomic E-state index is 0.0315. The van der Waals surface area contributed by atoms with Crippen LogP contribution in [-0.2, 0) is 16.6 Å². The second-order valence-electron chi connectivity index (χ2n) is 4.51. The van der Waals surface area contributed by atoms with Crippen LogP contribution in [0.15, 0.2) is 59.5 Å².